The van der Waals surface area contributed by atoms with Crippen LogP contribution in [-0.2, 0) is 32.7 Å². The molecule has 0 rings (SSSR count). The molecule has 0 aromatic heterocycles. The van der Waals surface area contributed by atoms with Crippen LogP contribution in [0, 0.1) is 0 Å². The molecule has 0 aromatic carbocycles. The predicted molar refractivity (Wildman–Crippen MR) is 185 cm³/mol. The maximum absolute atomic E-state index is 12.5. The molecule has 9 nitrogen and oxygen atoms in total. The number of hydrogen-bond donors (Lipinski definition) is 0. The molecular weight excluding hydrogens is 605 g/mol. The lowest BCUT2D eigenvalue weighted by atomic mass is 10.1. The smallest absolute Gasteiger partial charge is 0.306 e. The molecule has 0 N–H and O–H groups in total. The highest BCUT2D eigenvalue weighted by Gasteiger charge is 2.21. The molecule has 0 saturated carbocycles. The van der Waals surface area contributed by atoms with Crippen molar-refractivity contribution < 1.29 is 42.1 Å². The van der Waals surface area contributed by atoms with E-state index >= 15 is 0 Å². The van der Waals surface area contributed by atoms with Crippen LogP contribution < -0.4 is 4.89 Å². The highest BCUT2D eigenvalue weighted by molar-refractivity contribution is 7.45. The number of rotatable bonds is 30. The Kier molecular flexibility index (Phi) is 27.8. The van der Waals surface area contributed by atoms with E-state index in [2.05, 4.69) is 62.5 Å². The number of quaternary nitrogens is 1. The van der Waals surface area contributed by atoms with Gasteiger partial charge < -0.3 is 27.9 Å². The quantitative estimate of drug-likeness (QED) is 0.0248. The molecule has 0 aliphatic rings. The Morgan fingerprint density at radius 3 is 1.85 bits per heavy atom. The summed E-state index contributed by atoms with van der Waals surface area (Å²) >= 11 is 0. The molecule has 0 fully saturated rings. The lowest BCUT2D eigenvalue weighted by molar-refractivity contribution is -0.870. The first kappa shape index (κ1) is 44.0. The van der Waals surface area contributed by atoms with E-state index in [9.17, 15) is 19.0 Å². The number of likely N-dealkylation sites (N-methyl/N-ethyl adjacent to an activating group) is 1. The minimum Gasteiger partial charge on any atom is -0.756 e. The summed E-state index contributed by atoms with van der Waals surface area (Å²) in [5, 5.41) is 0. The van der Waals surface area contributed by atoms with E-state index in [-0.39, 0.29) is 26.1 Å². The van der Waals surface area contributed by atoms with E-state index in [4.69, 9.17) is 18.5 Å². The third-order valence-corrected chi connectivity index (χ3v) is 7.83. The monoisotopic (exact) mass is 669 g/mol. The predicted octanol–water partition coefficient (Wildman–Crippen LogP) is 8.16. The maximum Gasteiger partial charge on any atom is 0.306 e. The Morgan fingerprint density at radius 2 is 1.24 bits per heavy atom. The first-order valence-corrected chi connectivity index (χ1v) is 18.8. The summed E-state index contributed by atoms with van der Waals surface area (Å²) in [6.07, 6.45) is 30.2. The van der Waals surface area contributed by atoms with Gasteiger partial charge in [-0.1, -0.05) is 101 Å². The first-order valence-electron chi connectivity index (χ1n) is 17.3. The van der Waals surface area contributed by atoms with Crippen molar-refractivity contribution in [1.82, 2.24) is 0 Å². The molecule has 0 amide bonds. The topological polar surface area (TPSA) is 111 Å². The lowest BCUT2D eigenvalue weighted by Crippen LogP contribution is -2.37. The zero-order valence-electron chi connectivity index (χ0n) is 29.5. The minimum atomic E-state index is -4.62. The van der Waals surface area contributed by atoms with E-state index in [0.717, 1.165) is 64.2 Å². The second kappa shape index (κ2) is 29.1. The van der Waals surface area contributed by atoms with Crippen LogP contribution in [0.4, 0.5) is 0 Å². The minimum absolute atomic E-state index is 0.0402. The molecule has 0 bridgehead atoms. The van der Waals surface area contributed by atoms with Crippen LogP contribution in [0.5, 0.6) is 0 Å². The van der Waals surface area contributed by atoms with Crippen molar-refractivity contribution in [3.8, 4) is 0 Å². The standard InChI is InChI=1S/C36H64NO8P/c1-6-8-10-12-14-15-16-17-18-19-20-21-23-25-27-29-36(39)45-34(33-44-46(40,41)43-31-30-37(3,4)5)32-42-35(38)28-26-24-22-13-11-9-7-2/h8,10,14-15,17-18,20-21,34H,6-7,9,11-13,16,19,22-33H2,1-5H3/b10-8-,15-14-,18-17-,21-20-. The molecule has 46 heavy (non-hydrogen) atoms. The summed E-state index contributed by atoms with van der Waals surface area (Å²) in [4.78, 5) is 37.0. The molecule has 0 saturated heterocycles. The number of carbonyl (C=O) groups is 2. The van der Waals surface area contributed by atoms with Gasteiger partial charge in [0, 0.05) is 12.8 Å². The van der Waals surface area contributed by atoms with E-state index in [1.54, 1.807) is 0 Å². The van der Waals surface area contributed by atoms with Gasteiger partial charge in [-0.2, -0.15) is 0 Å². The van der Waals surface area contributed by atoms with Gasteiger partial charge in [0.25, 0.3) is 7.82 Å². The highest BCUT2D eigenvalue weighted by atomic mass is 31.2. The molecular formula is C36H64NO8P. The fourth-order valence-corrected chi connectivity index (χ4v) is 4.84. The van der Waals surface area contributed by atoms with Gasteiger partial charge >= 0.3 is 11.9 Å². The zero-order valence-corrected chi connectivity index (χ0v) is 30.4. The normalized spacial score (nSPS) is 14.5. The molecule has 0 spiro atoms. The molecule has 0 aliphatic carbocycles. The van der Waals surface area contributed by atoms with Gasteiger partial charge in [0.2, 0.25) is 0 Å². The van der Waals surface area contributed by atoms with Gasteiger partial charge in [-0.25, -0.2) is 0 Å². The number of unbranched alkanes of at least 4 members (excludes halogenated alkanes) is 8. The summed E-state index contributed by atoms with van der Waals surface area (Å²) in [7, 11) is 1.13. The third-order valence-electron chi connectivity index (χ3n) is 6.86. The number of esters is 2. The van der Waals surface area contributed by atoms with Crippen molar-refractivity contribution in [2.24, 2.45) is 0 Å². The number of nitrogens with zero attached hydrogens (tertiary/aromatic N) is 1. The summed E-state index contributed by atoms with van der Waals surface area (Å²) in [5.74, 6) is -0.898. The first-order chi connectivity index (χ1) is 22.0. The van der Waals surface area contributed by atoms with Gasteiger partial charge in [-0.3, -0.25) is 14.2 Å². The largest absolute Gasteiger partial charge is 0.756 e. The number of ether oxygens (including phenoxy) is 2. The van der Waals surface area contributed by atoms with E-state index in [1.165, 1.54) is 19.3 Å². The average molecular weight is 670 g/mol. The van der Waals surface area contributed by atoms with Crippen LogP contribution in [0.2, 0.25) is 0 Å². The van der Waals surface area contributed by atoms with E-state index < -0.39 is 32.5 Å². The Morgan fingerprint density at radius 1 is 0.696 bits per heavy atom. The van der Waals surface area contributed by atoms with E-state index in [1.807, 2.05) is 21.1 Å². The van der Waals surface area contributed by atoms with Crippen molar-refractivity contribution in [2.75, 3.05) is 47.5 Å². The number of allylic oxidation sites excluding steroid dienone is 8. The number of hydrogen-bond acceptors (Lipinski definition) is 8. The molecule has 0 radical (unpaired) electrons. The zero-order chi connectivity index (χ0) is 34.4. The lowest BCUT2D eigenvalue weighted by Gasteiger charge is -2.28. The maximum atomic E-state index is 12.5. The van der Waals surface area contributed by atoms with Crippen LogP contribution in [0.3, 0.4) is 0 Å². The second-order valence-corrected chi connectivity index (χ2v) is 13.9. The number of phosphoric acid groups is 1. The van der Waals surface area contributed by atoms with Crippen molar-refractivity contribution in [3.05, 3.63) is 48.6 Å². The number of phosphoric ester groups is 1. The number of carbonyl (C=O) groups excluding carboxylic acids is 2. The molecule has 0 aromatic rings. The van der Waals surface area contributed by atoms with Crippen molar-refractivity contribution in [1.29, 1.82) is 0 Å². The Labute approximate surface area is 280 Å². The third kappa shape index (κ3) is 31.9. The Balaban J connectivity index is 4.56. The van der Waals surface area contributed by atoms with E-state index in [0.29, 0.717) is 17.4 Å². The fraction of sp³-hybridized carbons (Fsp3) is 0.722. The van der Waals surface area contributed by atoms with Gasteiger partial charge in [0.05, 0.1) is 27.7 Å². The molecule has 266 valence electrons. The molecule has 10 heteroatoms. The molecule has 2 unspecified atom stereocenters. The molecule has 0 heterocycles. The molecule has 0 aliphatic heterocycles. The molecule has 2 atom stereocenters. The van der Waals surface area contributed by atoms with Crippen molar-refractivity contribution >= 4 is 19.8 Å². The van der Waals surface area contributed by atoms with Gasteiger partial charge in [0.1, 0.15) is 19.8 Å². The van der Waals surface area contributed by atoms with Crippen LogP contribution in [-0.4, -0.2) is 70.0 Å². The van der Waals surface area contributed by atoms with Gasteiger partial charge in [-0.15, -0.1) is 0 Å². The Hall–Kier alpha value is -2.03. The van der Waals surface area contributed by atoms with Crippen molar-refractivity contribution in [2.45, 2.75) is 123 Å². The van der Waals surface area contributed by atoms with Gasteiger partial charge in [-0.05, 0) is 51.4 Å². The average Bonchev–Trinajstić information content (AvgIpc) is 2.99. The summed E-state index contributed by atoms with van der Waals surface area (Å²) in [5.41, 5.74) is 0. The SMILES string of the molecule is CC/C=C\C/C=C\C/C=C\C/C=C\CCCCC(=O)OC(COC(=O)CCCCCCCCC)COP(=O)([O-])OCC[N+](C)(C)C. The van der Waals surface area contributed by atoms with Crippen LogP contribution >= 0.6 is 7.82 Å². The Bertz CT molecular complexity index is 939. The summed E-state index contributed by atoms with van der Waals surface area (Å²) < 4.78 is 33.5. The summed E-state index contributed by atoms with van der Waals surface area (Å²) in [6, 6.07) is 0. The van der Waals surface area contributed by atoms with Crippen molar-refractivity contribution in [3.63, 3.8) is 0 Å². The highest BCUT2D eigenvalue weighted by Crippen LogP contribution is 2.38. The van der Waals surface area contributed by atoms with Gasteiger partial charge in [0.15, 0.2) is 6.10 Å². The van der Waals surface area contributed by atoms with Crippen LogP contribution in [0.1, 0.15) is 117 Å². The van der Waals surface area contributed by atoms with Crippen LogP contribution in [0.25, 0.3) is 0 Å². The van der Waals surface area contributed by atoms with Crippen LogP contribution in [0.15, 0.2) is 48.6 Å². The fourth-order valence-electron chi connectivity index (χ4n) is 4.11. The second-order valence-electron chi connectivity index (χ2n) is 12.5. The summed E-state index contributed by atoms with van der Waals surface area (Å²) in [6.45, 7) is 3.97.